The Morgan fingerprint density at radius 1 is 0.120 bits per heavy atom. The zero-order valence-electron chi connectivity index (χ0n) is 78.3. The summed E-state index contributed by atoms with van der Waals surface area (Å²) in [6.07, 6.45) is 0. The van der Waals surface area contributed by atoms with Gasteiger partial charge in [-0.25, -0.2) is 0 Å². The van der Waals surface area contributed by atoms with Crippen molar-refractivity contribution in [2.24, 2.45) is 0 Å². The van der Waals surface area contributed by atoms with Gasteiger partial charge >= 0.3 is 106 Å². The van der Waals surface area contributed by atoms with E-state index in [0.717, 1.165) is 0 Å². The van der Waals surface area contributed by atoms with Gasteiger partial charge in [0, 0.05) is 72.5 Å². The van der Waals surface area contributed by atoms with Crippen molar-refractivity contribution < 1.29 is 98.8 Å². The number of rotatable bonds is 36. The Morgan fingerprint density at radius 3 is 0.194 bits per heavy atom. The van der Waals surface area contributed by atoms with Crippen molar-refractivity contribution in [1.29, 1.82) is 0 Å². The molecule has 0 radical (unpaired) electrons. The summed E-state index contributed by atoms with van der Waals surface area (Å²) in [6, 6.07) is 3.36. The molecule has 0 saturated carbocycles. The van der Waals surface area contributed by atoms with Crippen molar-refractivity contribution in [2.45, 2.75) is 391 Å². The highest BCUT2D eigenvalue weighted by Crippen LogP contribution is 2.47. The van der Waals surface area contributed by atoms with Crippen molar-refractivity contribution in [3.63, 3.8) is 0 Å². The molecule has 0 amide bonds. The molecule has 1 heterocycles. The van der Waals surface area contributed by atoms with E-state index in [4.69, 9.17) is 98.8 Å². The summed E-state index contributed by atoms with van der Waals surface area (Å²) >= 11 is 0. The first-order valence-corrected chi connectivity index (χ1v) is 105. The van der Waals surface area contributed by atoms with Crippen LogP contribution in [0.2, 0.25) is 308 Å². The third kappa shape index (κ3) is 38.8. The fourth-order valence-corrected chi connectivity index (χ4v) is 120. The average molecular weight is 1950 g/mol. The average Bonchev–Trinajstić information content (AvgIpc) is 0.746. The summed E-state index contributed by atoms with van der Waals surface area (Å²) in [5, 5.41) is 0. The molecule has 0 bridgehead atoms. The second-order valence-electron chi connectivity index (χ2n) is 40.2. The highest BCUT2D eigenvalue weighted by Gasteiger charge is 2.73. The third-order valence-electron chi connectivity index (χ3n) is 14.5. The van der Waals surface area contributed by atoms with Gasteiger partial charge in [0.1, 0.15) is 0 Å². The Balaban J connectivity index is 6.17. The smallest absolute Gasteiger partial charge is 0.417 e. The number of hydrogen-bond acceptors (Lipinski definition) is 24. The fraction of sp³-hybridized carbons (Fsp3) is 1.00. The van der Waals surface area contributed by atoms with E-state index >= 15 is 0 Å². The van der Waals surface area contributed by atoms with Gasteiger partial charge in [-0.2, -0.15) is 0 Å². The molecular formula is C60H168O24Si24. The van der Waals surface area contributed by atoms with Crippen LogP contribution >= 0.6 is 0 Å². The van der Waals surface area contributed by atoms with Gasteiger partial charge in [-0.3, -0.25) is 0 Å². The molecule has 1 saturated heterocycles. The molecule has 0 spiro atoms. The first-order chi connectivity index (χ1) is 47.7. The van der Waals surface area contributed by atoms with Crippen LogP contribution in [0.25, 0.3) is 0 Å². The van der Waals surface area contributed by atoms with Crippen LogP contribution < -0.4 is 0 Å². The number of hydrogen-bond donors (Lipinski definition) is 0. The molecule has 1 fully saturated rings. The monoisotopic (exact) mass is 1940 g/mol. The highest BCUT2D eigenvalue weighted by atomic mass is 28.6. The summed E-state index contributed by atoms with van der Waals surface area (Å²) in [5.74, 6) is 0. The molecule has 1 aliphatic rings. The van der Waals surface area contributed by atoms with Crippen LogP contribution in [-0.2, 0) is 98.8 Å². The minimum absolute atomic E-state index is 0.280. The minimum Gasteiger partial charge on any atom is -0.417 e. The molecule has 1 rings (SSSR count). The Bertz CT molecular complexity index is 2040. The maximum Gasteiger partial charge on any atom is 0.475 e. The Labute approximate surface area is 689 Å². The van der Waals surface area contributed by atoms with Crippen LogP contribution in [0, 0.1) is 0 Å². The normalized spacial score (nSPS) is 33.3. The summed E-state index contributed by atoms with van der Waals surface area (Å²) in [5.41, 5.74) is 0. The largest absolute Gasteiger partial charge is 0.475 e. The van der Waals surface area contributed by atoms with Gasteiger partial charge < -0.3 is 98.8 Å². The molecule has 1 aliphatic heterocycles. The maximum absolute atomic E-state index is 8.31. The molecule has 24 nitrogen and oxygen atoms in total. The first-order valence-electron chi connectivity index (χ1n) is 40.5. The molecule has 0 atom stereocenters. The van der Waals surface area contributed by atoms with Gasteiger partial charge in [0.25, 0.3) is 0 Å². The van der Waals surface area contributed by atoms with E-state index < -0.39 is 205 Å². The zero-order chi connectivity index (χ0) is 85.5. The third-order valence-corrected chi connectivity index (χ3v) is 99.0. The van der Waals surface area contributed by atoms with Crippen LogP contribution in [0.1, 0.15) is 83.1 Å². The second-order valence-corrected chi connectivity index (χ2v) is 135. The molecule has 0 aromatic carbocycles. The van der Waals surface area contributed by atoms with E-state index in [2.05, 4.69) is 319 Å². The van der Waals surface area contributed by atoms with E-state index in [0.29, 0.717) is 0 Å². The van der Waals surface area contributed by atoms with Gasteiger partial charge in [0.2, 0.25) is 0 Å². The van der Waals surface area contributed by atoms with Crippen LogP contribution in [-0.4, -0.2) is 205 Å². The Hall–Kier alpha value is 4.25. The quantitative estimate of drug-likeness (QED) is 0.0532. The minimum atomic E-state index is -4.36. The van der Waals surface area contributed by atoms with Crippen molar-refractivity contribution in [1.82, 2.24) is 0 Å². The molecule has 0 aliphatic carbocycles. The van der Waals surface area contributed by atoms with Crippen molar-refractivity contribution in [2.75, 3.05) is 0 Å². The summed E-state index contributed by atoms with van der Waals surface area (Å²) in [6.45, 7) is 103. The lowest BCUT2D eigenvalue weighted by Gasteiger charge is -2.53. The Morgan fingerprint density at radius 2 is 0.167 bits per heavy atom. The van der Waals surface area contributed by atoms with E-state index in [-0.39, 0.29) is 72.5 Å². The van der Waals surface area contributed by atoms with Gasteiger partial charge in [0.05, 0.1) is 0 Å². The van der Waals surface area contributed by atoms with Crippen molar-refractivity contribution >= 4 is 205 Å². The second kappa shape index (κ2) is 39.8. The SMILES string of the molecule is CC[Si]1(O[Si](C)(C)C)O[Si](CC)(O[Si](C)(C)C)O[Si](CC)(O[Si](C)(C)C)O[Si](CC)(O[Si](C)(C)C)O[Si](CC)(O[Si](C)(C)C)O[Si](CC)(O[Si](C)(C)C)O[Si](CC)(O[Si](C)(C)C)O[Si](CC)(O[Si](C)(C)C)O[Si](CC)(O[Si](C)(C)C)O[Si](CC)(O[Si](C)(C)C)O[Si](CC)(O[Si](C)(C)C)O[Si](CC)(O[Si](C)(C)C)O1. The lowest BCUT2D eigenvalue weighted by Crippen LogP contribution is -2.76. The maximum atomic E-state index is 8.31. The molecule has 48 heteroatoms. The Kier molecular flexibility index (Phi) is 40.7. The van der Waals surface area contributed by atoms with Crippen molar-refractivity contribution in [3.8, 4) is 0 Å². The summed E-state index contributed by atoms with van der Waals surface area (Å²) < 4.78 is 194. The van der Waals surface area contributed by atoms with Crippen LogP contribution in [0.4, 0.5) is 0 Å². The van der Waals surface area contributed by atoms with Crippen LogP contribution in [0.3, 0.4) is 0 Å². The van der Waals surface area contributed by atoms with Crippen LogP contribution in [0.15, 0.2) is 0 Å². The van der Waals surface area contributed by atoms with Gasteiger partial charge in [-0.15, -0.1) is 0 Å². The van der Waals surface area contributed by atoms with Crippen molar-refractivity contribution in [3.05, 3.63) is 0 Å². The van der Waals surface area contributed by atoms with Gasteiger partial charge in [0.15, 0.2) is 99.8 Å². The van der Waals surface area contributed by atoms with E-state index in [9.17, 15) is 0 Å². The molecular weight excluding hydrogens is 1780 g/mol. The zero-order valence-corrected chi connectivity index (χ0v) is 102. The van der Waals surface area contributed by atoms with E-state index in [1.807, 2.05) is 0 Å². The fourth-order valence-electron chi connectivity index (χ4n) is 11.8. The molecule has 0 aromatic heterocycles. The summed E-state index contributed by atoms with van der Waals surface area (Å²) in [4.78, 5) is 0. The molecule has 0 aromatic rings. The standard InChI is InChI=1S/C60H168O24Si24/c1-49-97(61-85(13,14)15)73-98(50-2,62-86(16,17)18)75-100(52-4,64-88(22,23)24)77-102(54-6,66-90(28,29)30)79-104(56-8,68-92(34,35)36)81-106(58-10,70-94(40,41)42)83-108(60-12,72-96(46,47)48)84-107(59-11,71-95(43,44)45)82-105(57-9,69-93(37,38)39)80-103(55-7,67-91(31,32)33)78-101(53-5,65-89(25,26)27)76-99(51-3,74-97)63-87(19,20)21/h49-60H2,1-48H3. The lowest BCUT2D eigenvalue weighted by molar-refractivity contribution is 0.0867. The van der Waals surface area contributed by atoms with Gasteiger partial charge in [-0.1, -0.05) is 83.1 Å². The predicted molar refractivity (Wildman–Crippen MR) is 501 cm³/mol. The molecule has 0 N–H and O–H groups in total. The summed E-state index contributed by atoms with van der Waals surface area (Å²) in [7, 11) is -85.5. The van der Waals surface area contributed by atoms with Crippen LogP contribution in [0.5, 0.6) is 0 Å². The van der Waals surface area contributed by atoms with Gasteiger partial charge in [-0.05, 0) is 236 Å². The lowest BCUT2D eigenvalue weighted by atomic mass is 11.0. The van der Waals surface area contributed by atoms with E-state index in [1.54, 1.807) is 0 Å². The predicted octanol–water partition coefficient (Wildman–Crippen LogP) is 21.9. The highest BCUT2D eigenvalue weighted by molar-refractivity contribution is 7.01. The molecule has 0 unspecified atom stereocenters. The molecule has 108 heavy (non-hydrogen) atoms. The molecule has 648 valence electrons. The topological polar surface area (TPSA) is 222 Å². The first kappa shape index (κ1) is 110. The van der Waals surface area contributed by atoms with E-state index in [1.165, 1.54) is 0 Å².